The van der Waals surface area contributed by atoms with E-state index < -0.39 is 5.60 Å². The first-order valence-electron chi connectivity index (χ1n) is 10.3. The van der Waals surface area contributed by atoms with Gasteiger partial charge in [0.1, 0.15) is 5.75 Å². The number of hydrogen-bond donors (Lipinski definition) is 0. The average molecular weight is 380 g/mol. The maximum atomic E-state index is 11.8. The van der Waals surface area contributed by atoms with E-state index in [2.05, 4.69) is 18.9 Å². The molecule has 3 aliphatic carbocycles. The Balaban J connectivity index is 1.64. The molecule has 0 amide bonds. The maximum Gasteiger partial charge on any atom is 0.308 e. The lowest BCUT2D eigenvalue weighted by molar-refractivity contribution is -0.165. The molecule has 148 valence electrons. The van der Waals surface area contributed by atoms with Crippen molar-refractivity contribution in [1.82, 2.24) is 0 Å². The van der Waals surface area contributed by atoms with Crippen LogP contribution in [0.1, 0.15) is 69.9 Å². The first-order chi connectivity index (χ1) is 13.3. The molecular weight excluding hydrogens is 352 g/mol. The van der Waals surface area contributed by atoms with E-state index in [4.69, 9.17) is 15.9 Å². The highest BCUT2D eigenvalue weighted by atomic mass is 16.6. The van der Waals surface area contributed by atoms with E-state index in [0.29, 0.717) is 23.5 Å². The normalized spacial score (nSPS) is 35.7. The molecule has 0 unspecified atom stereocenters. The van der Waals surface area contributed by atoms with Crippen LogP contribution < -0.4 is 4.74 Å². The summed E-state index contributed by atoms with van der Waals surface area (Å²) in [5.74, 6) is 4.47. The van der Waals surface area contributed by atoms with E-state index in [-0.39, 0.29) is 17.4 Å². The Morgan fingerprint density at radius 2 is 1.93 bits per heavy atom. The Bertz CT molecular complexity index is 866. The third kappa shape index (κ3) is 2.75. The zero-order chi connectivity index (χ0) is 20.1. The van der Waals surface area contributed by atoms with E-state index in [1.807, 2.05) is 12.1 Å². The van der Waals surface area contributed by atoms with E-state index in [0.717, 1.165) is 38.5 Å². The van der Waals surface area contributed by atoms with Crippen LogP contribution >= 0.6 is 0 Å². The lowest BCUT2D eigenvalue weighted by Crippen LogP contribution is -2.52. The maximum absolute atomic E-state index is 11.8. The van der Waals surface area contributed by atoms with Crippen molar-refractivity contribution in [3.63, 3.8) is 0 Å². The number of fused-ring (bicyclic) bond motifs is 5. The van der Waals surface area contributed by atoms with Gasteiger partial charge in [0, 0.05) is 19.3 Å². The van der Waals surface area contributed by atoms with Crippen molar-refractivity contribution in [2.45, 2.75) is 70.8 Å². The second-order valence-electron chi connectivity index (χ2n) is 8.93. The van der Waals surface area contributed by atoms with Crippen molar-refractivity contribution in [3.8, 4) is 18.1 Å². The van der Waals surface area contributed by atoms with Crippen LogP contribution in [0, 0.1) is 29.6 Å². The van der Waals surface area contributed by atoms with Gasteiger partial charge in [-0.2, -0.15) is 0 Å². The molecular formula is C24H28O4. The average Bonchev–Trinajstić information content (AvgIpc) is 2.93. The molecule has 0 spiro atoms. The monoisotopic (exact) mass is 380 g/mol. The highest BCUT2D eigenvalue weighted by Crippen LogP contribution is 2.65. The summed E-state index contributed by atoms with van der Waals surface area (Å²) in [7, 11) is 0. The molecule has 4 heteroatoms. The van der Waals surface area contributed by atoms with Gasteiger partial charge >= 0.3 is 11.9 Å². The van der Waals surface area contributed by atoms with Crippen LogP contribution in [-0.4, -0.2) is 17.5 Å². The largest absolute Gasteiger partial charge is 0.445 e. The van der Waals surface area contributed by atoms with Gasteiger partial charge in [-0.3, -0.25) is 9.59 Å². The summed E-state index contributed by atoms with van der Waals surface area (Å²) in [6, 6.07) is 6.08. The zero-order valence-electron chi connectivity index (χ0n) is 16.9. The van der Waals surface area contributed by atoms with E-state index in [1.54, 1.807) is 0 Å². The van der Waals surface area contributed by atoms with Crippen LogP contribution in [0.3, 0.4) is 0 Å². The molecule has 0 N–H and O–H groups in total. The summed E-state index contributed by atoms with van der Waals surface area (Å²) >= 11 is 0. The number of carbonyl (C=O) groups excluding carboxylic acids is 2. The lowest BCUT2D eigenvalue weighted by atomic mass is 9.53. The molecule has 3 aliphatic rings. The van der Waals surface area contributed by atoms with Gasteiger partial charge in [-0.1, -0.05) is 18.9 Å². The minimum atomic E-state index is -0.770. The molecule has 0 aromatic heterocycles. The van der Waals surface area contributed by atoms with Gasteiger partial charge in [0.15, 0.2) is 5.60 Å². The smallest absolute Gasteiger partial charge is 0.308 e. The van der Waals surface area contributed by atoms with Gasteiger partial charge in [0.25, 0.3) is 0 Å². The quantitative estimate of drug-likeness (QED) is 0.433. The minimum absolute atomic E-state index is 0.163. The van der Waals surface area contributed by atoms with Crippen LogP contribution in [0.25, 0.3) is 0 Å². The third-order valence-corrected chi connectivity index (χ3v) is 7.63. The molecule has 0 aliphatic heterocycles. The van der Waals surface area contributed by atoms with E-state index in [9.17, 15) is 9.59 Å². The van der Waals surface area contributed by atoms with Crippen LogP contribution in [0.2, 0.25) is 0 Å². The number of esters is 2. The van der Waals surface area contributed by atoms with E-state index >= 15 is 0 Å². The fraction of sp³-hybridized carbons (Fsp3) is 0.583. The van der Waals surface area contributed by atoms with Crippen molar-refractivity contribution >= 4 is 11.9 Å². The van der Waals surface area contributed by atoms with Gasteiger partial charge in [0.05, 0.1) is 0 Å². The summed E-state index contributed by atoms with van der Waals surface area (Å²) in [5, 5.41) is 0. The van der Waals surface area contributed by atoms with Gasteiger partial charge in [-0.25, -0.2) is 0 Å². The Kier molecular flexibility index (Phi) is 4.53. The van der Waals surface area contributed by atoms with Crippen molar-refractivity contribution in [2.24, 2.45) is 17.3 Å². The number of rotatable bonds is 2. The van der Waals surface area contributed by atoms with Gasteiger partial charge < -0.3 is 9.47 Å². The SMILES string of the molecule is C#C[C@]1(OC(C)=O)CC[C@@H]2[C@H]3CCc4cc(OC(C)=O)ccc4[C@@H]3CC[C@]21C. The number of terminal acetylenes is 1. The van der Waals surface area contributed by atoms with Crippen molar-refractivity contribution in [1.29, 1.82) is 0 Å². The van der Waals surface area contributed by atoms with Gasteiger partial charge in [-0.05, 0) is 79.5 Å². The van der Waals surface area contributed by atoms with Crippen molar-refractivity contribution in [3.05, 3.63) is 29.3 Å². The summed E-state index contributed by atoms with van der Waals surface area (Å²) < 4.78 is 11.1. The molecule has 0 heterocycles. The predicted molar refractivity (Wildman–Crippen MR) is 106 cm³/mol. The Hall–Kier alpha value is -2.28. The number of hydrogen-bond acceptors (Lipinski definition) is 4. The molecule has 0 bridgehead atoms. The second kappa shape index (κ2) is 6.65. The molecule has 5 atom stereocenters. The second-order valence-corrected chi connectivity index (χ2v) is 8.93. The van der Waals surface area contributed by atoms with Crippen LogP contribution in [-0.2, 0) is 20.7 Å². The fourth-order valence-corrected chi connectivity index (χ4v) is 6.47. The first-order valence-corrected chi connectivity index (χ1v) is 10.3. The Morgan fingerprint density at radius 1 is 1.14 bits per heavy atom. The molecule has 0 radical (unpaired) electrons. The molecule has 1 aromatic rings. The summed E-state index contributed by atoms with van der Waals surface area (Å²) in [6.07, 6.45) is 11.8. The van der Waals surface area contributed by atoms with Crippen molar-refractivity contribution < 1.29 is 19.1 Å². The third-order valence-electron chi connectivity index (χ3n) is 7.63. The number of aryl methyl sites for hydroxylation is 1. The van der Waals surface area contributed by atoms with Gasteiger partial charge in [-0.15, -0.1) is 6.42 Å². The Labute approximate surface area is 167 Å². The predicted octanol–water partition coefficient (Wildman–Crippen LogP) is 4.40. The summed E-state index contributed by atoms with van der Waals surface area (Å²) in [4.78, 5) is 23.0. The highest BCUT2D eigenvalue weighted by Gasteiger charge is 2.63. The minimum Gasteiger partial charge on any atom is -0.445 e. The number of carbonyl (C=O) groups is 2. The van der Waals surface area contributed by atoms with Gasteiger partial charge in [0.2, 0.25) is 0 Å². The van der Waals surface area contributed by atoms with Crippen LogP contribution in [0.15, 0.2) is 18.2 Å². The standard InChI is InChI=1S/C24H28O4/c1-5-24(28-16(3)26)13-11-22-21-8-6-17-14-18(27-15(2)25)7-9-19(17)20(21)10-12-23(22,24)4/h1,7,9,14,20-22H,6,8,10-13H2,2-4H3/t20-,21-,22+,23+,24-/m0/s1. The zero-order valence-corrected chi connectivity index (χ0v) is 16.9. The van der Waals surface area contributed by atoms with Crippen LogP contribution in [0.4, 0.5) is 0 Å². The highest BCUT2D eigenvalue weighted by molar-refractivity contribution is 5.69. The topological polar surface area (TPSA) is 52.6 Å². The first kappa shape index (κ1) is 19.1. The number of benzene rings is 1. The lowest BCUT2D eigenvalue weighted by Gasteiger charge is -2.52. The van der Waals surface area contributed by atoms with Crippen molar-refractivity contribution in [2.75, 3.05) is 0 Å². The van der Waals surface area contributed by atoms with Crippen LogP contribution in [0.5, 0.6) is 5.75 Å². The molecule has 1 aromatic carbocycles. The summed E-state index contributed by atoms with van der Waals surface area (Å²) in [6.45, 7) is 5.13. The molecule has 2 fully saturated rings. The molecule has 4 rings (SSSR count). The molecule has 28 heavy (non-hydrogen) atoms. The summed E-state index contributed by atoms with van der Waals surface area (Å²) in [5.41, 5.74) is 1.75. The molecule has 0 saturated heterocycles. The fourth-order valence-electron chi connectivity index (χ4n) is 6.47. The number of ether oxygens (including phenoxy) is 2. The molecule has 2 saturated carbocycles. The van der Waals surface area contributed by atoms with E-state index in [1.165, 1.54) is 25.0 Å². The molecule has 4 nitrogen and oxygen atoms in total. The Morgan fingerprint density at radius 3 is 2.61 bits per heavy atom.